The standard InChI is InChI=1S/C22H27N5O5S/c1-25-14-16(33(30,31)27-9-5-6-10-27)13-19(25)22(29)26(11-12-32-2)15-20-23-18-8-4-3-7-17(18)21(28)24-20/h3-4,7-8,13-14H,5-6,9-12,15H2,1-2H3,(H,23,24,28). The molecule has 0 radical (unpaired) electrons. The molecule has 2 aromatic heterocycles. The Morgan fingerprint density at radius 2 is 1.97 bits per heavy atom. The number of carbonyl (C=O) groups is 1. The van der Waals surface area contributed by atoms with Gasteiger partial charge in [0, 0.05) is 40.0 Å². The van der Waals surface area contributed by atoms with Crippen molar-refractivity contribution < 1.29 is 17.9 Å². The summed E-state index contributed by atoms with van der Waals surface area (Å²) in [5.74, 6) is -0.0458. The number of carbonyl (C=O) groups excluding carboxylic acids is 1. The zero-order chi connectivity index (χ0) is 23.6. The number of benzene rings is 1. The fourth-order valence-electron chi connectivity index (χ4n) is 3.97. The summed E-state index contributed by atoms with van der Waals surface area (Å²) in [7, 11) is -0.479. The summed E-state index contributed by atoms with van der Waals surface area (Å²) in [4.78, 5) is 34.6. The molecular formula is C22H27N5O5S. The van der Waals surface area contributed by atoms with Crippen LogP contribution in [-0.2, 0) is 28.4 Å². The van der Waals surface area contributed by atoms with E-state index in [1.54, 1.807) is 31.3 Å². The molecule has 1 N–H and O–H groups in total. The van der Waals surface area contributed by atoms with Crippen LogP contribution in [0.5, 0.6) is 0 Å². The third-order valence-electron chi connectivity index (χ3n) is 5.76. The van der Waals surface area contributed by atoms with Crippen molar-refractivity contribution in [2.24, 2.45) is 7.05 Å². The van der Waals surface area contributed by atoms with E-state index < -0.39 is 10.0 Å². The van der Waals surface area contributed by atoms with Crippen LogP contribution >= 0.6 is 0 Å². The second-order valence-corrected chi connectivity index (χ2v) is 9.97. The minimum absolute atomic E-state index is 0.0433. The van der Waals surface area contributed by atoms with Gasteiger partial charge in [0.15, 0.2) is 0 Å². The van der Waals surface area contributed by atoms with Crippen LogP contribution in [0.2, 0.25) is 0 Å². The highest BCUT2D eigenvalue weighted by molar-refractivity contribution is 7.89. The van der Waals surface area contributed by atoms with Crippen LogP contribution in [0.4, 0.5) is 0 Å². The molecule has 0 unspecified atom stereocenters. The number of aryl methyl sites for hydroxylation is 1. The van der Waals surface area contributed by atoms with Crippen molar-refractivity contribution in [3.63, 3.8) is 0 Å². The van der Waals surface area contributed by atoms with Gasteiger partial charge in [-0.3, -0.25) is 9.59 Å². The smallest absolute Gasteiger partial charge is 0.270 e. The van der Waals surface area contributed by atoms with E-state index in [0.29, 0.717) is 29.8 Å². The first-order valence-electron chi connectivity index (χ1n) is 10.7. The quantitative estimate of drug-likeness (QED) is 0.528. The molecule has 33 heavy (non-hydrogen) atoms. The Kier molecular flexibility index (Phi) is 6.63. The number of amides is 1. The lowest BCUT2D eigenvalue weighted by Gasteiger charge is -2.22. The van der Waals surface area contributed by atoms with Gasteiger partial charge >= 0.3 is 0 Å². The summed E-state index contributed by atoms with van der Waals surface area (Å²) in [6.45, 7) is 1.53. The van der Waals surface area contributed by atoms with Gasteiger partial charge in [0.2, 0.25) is 10.0 Å². The first kappa shape index (κ1) is 23.1. The van der Waals surface area contributed by atoms with Crippen molar-refractivity contribution in [1.82, 2.24) is 23.7 Å². The van der Waals surface area contributed by atoms with Crippen LogP contribution in [0, 0.1) is 0 Å². The Morgan fingerprint density at radius 3 is 2.70 bits per heavy atom. The van der Waals surface area contributed by atoms with E-state index in [-0.39, 0.29) is 41.8 Å². The van der Waals surface area contributed by atoms with Crippen LogP contribution in [0.25, 0.3) is 10.9 Å². The van der Waals surface area contributed by atoms with Gasteiger partial charge in [-0.2, -0.15) is 4.31 Å². The topological polar surface area (TPSA) is 118 Å². The monoisotopic (exact) mass is 473 g/mol. The highest BCUT2D eigenvalue weighted by Gasteiger charge is 2.30. The molecule has 10 nitrogen and oxygen atoms in total. The number of hydrogen-bond donors (Lipinski definition) is 1. The van der Waals surface area contributed by atoms with E-state index in [0.717, 1.165) is 12.8 Å². The van der Waals surface area contributed by atoms with E-state index >= 15 is 0 Å². The Balaban J connectivity index is 1.63. The normalized spacial score (nSPS) is 14.7. The van der Waals surface area contributed by atoms with Crippen LogP contribution in [0.3, 0.4) is 0 Å². The van der Waals surface area contributed by atoms with Gasteiger partial charge in [-0.15, -0.1) is 0 Å². The molecule has 1 saturated heterocycles. The predicted molar refractivity (Wildman–Crippen MR) is 122 cm³/mol. The van der Waals surface area contributed by atoms with Gasteiger partial charge < -0.3 is 19.2 Å². The maximum Gasteiger partial charge on any atom is 0.270 e. The van der Waals surface area contributed by atoms with E-state index in [1.165, 1.54) is 33.1 Å². The molecule has 1 amide bonds. The van der Waals surface area contributed by atoms with Gasteiger partial charge in [0.25, 0.3) is 11.5 Å². The van der Waals surface area contributed by atoms with Crippen LogP contribution < -0.4 is 5.56 Å². The third kappa shape index (κ3) is 4.70. The first-order valence-corrected chi connectivity index (χ1v) is 12.2. The third-order valence-corrected chi connectivity index (χ3v) is 7.62. The van der Waals surface area contributed by atoms with Gasteiger partial charge in [0.1, 0.15) is 16.4 Å². The summed E-state index contributed by atoms with van der Waals surface area (Å²) in [6, 6.07) is 8.38. The number of hydrogen-bond acceptors (Lipinski definition) is 6. The van der Waals surface area contributed by atoms with Crippen LogP contribution in [-0.4, -0.2) is 71.4 Å². The van der Waals surface area contributed by atoms with E-state index in [1.807, 2.05) is 0 Å². The van der Waals surface area contributed by atoms with E-state index in [2.05, 4.69) is 9.97 Å². The maximum absolute atomic E-state index is 13.4. The van der Waals surface area contributed by atoms with Crippen molar-refractivity contribution >= 4 is 26.8 Å². The summed E-state index contributed by atoms with van der Waals surface area (Å²) >= 11 is 0. The van der Waals surface area contributed by atoms with Crippen molar-refractivity contribution in [2.45, 2.75) is 24.3 Å². The molecule has 0 saturated carbocycles. The van der Waals surface area contributed by atoms with Gasteiger partial charge in [-0.25, -0.2) is 13.4 Å². The Hall–Kier alpha value is -3.02. The maximum atomic E-state index is 13.4. The molecule has 1 fully saturated rings. The van der Waals surface area contributed by atoms with Crippen molar-refractivity contribution in [3.05, 3.63) is 58.4 Å². The molecule has 11 heteroatoms. The molecule has 3 aromatic rings. The first-order chi connectivity index (χ1) is 15.8. The summed E-state index contributed by atoms with van der Waals surface area (Å²) in [5, 5.41) is 0.468. The van der Waals surface area contributed by atoms with Crippen molar-refractivity contribution in [1.29, 1.82) is 0 Å². The number of fused-ring (bicyclic) bond motifs is 1. The number of para-hydroxylation sites is 1. The number of nitrogens with one attached hydrogen (secondary N) is 1. The van der Waals surface area contributed by atoms with Crippen molar-refractivity contribution in [2.75, 3.05) is 33.4 Å². The molecule has 176 valence electrons. The summed E-state index contributed by atoms with van der Waals surface area (Å²) in [6.07, 6.45) is 3.13. The van der Waals surface area contributed by atoms with Crippen LogP contribution in [0.1, 0.15) is 29.2 Å². The molecule has 1 aliphatic heterocycles. The Morgan fingerprint density at radius 1 is 1.24 bits per heavy atom. The number of aromatic amines is 1. The van der Waals surface area contributed by atoms with Crippen LogP contribution in [0.15, 0.2) is 46.2 Å². The average Bonchev–Trinajstić information content (AvgIpc) is 3.47. The number of rotatable bonds is 8. The lowest BCUT2D eigenvalue weighted by Crippen LogP contribution is -2.35. The molecule has 3 heterocycles. The number of sulfonamides is 1. The summed E-state index contributed by atoms with van der Waals surface area (Å²) < 4.78 is 34.0. The van der Waals surface area contributed by atoms with E-state index in [4.69, 9.17) is 4.74 Å². The lowest BCUT2D eigenvalue weighted by atomic mass is 10.2. The molecule has 0 atom stereocenters. The zero-order valence-corrected chi connectivity index (χ0v) is 19.5. The van der Waals surface area contributed by atoms with Gasteiger partial charge in [-0.05, 0) is 31.0 Å². The highest BCUT2D eigenvalue weighted by atomic mass is 32.2. The SMILES string of the molecule is COCCN(Cc1nc2ccccc2c(=O)[nH]1)C(=O)c1cc(S(=O)(=O)N2CCCC2)cn1C. The number of aromatic nitrogens is 3. The molecule has 0 spiro atoms. The number of H-pyrrole nitrogens is 1. The highest BCUT2D eigenvalue weighted by Crippen LogP contribution is 2.23. The number of ether oxygens (including phenoxy) is 1. The Labute approximate surface area is 191 Å². The molecule has 0 bridgehead atoms. The minimum atomic E-state index is -3.65. The molecule has 1 aromatic carbocycles. The predicted octanol–water partition coefficient (Wildman–Crippen LogP) is 1.33. The second-order valence-electron chi connectivity index (χ2n) is 8.03. The fraction of sp³-hybridized carbons (Fsp3) is 0.409. The molecular weight excluding hydrogens is 446 g/mol. The van der Waals surface area contributed by atoms with E-state index in [9.17, 15) is 18.0 Å². The molecule has 4 rings (SSSR count). The molecule has 1 aliphatic rings. The second kappa shape index (κ2) is 9.46. The fourth-order valence-corrected chi connectivity index (χ4v) is 5.56. The number of nitrogens with zero attached hydrogens (tertiary/aromatic N) is 4. The van der Waals surface area contributed by atoms with Gasteiger partial charge in [0.05, 0.1) is 24.1 Å². The van der Waals surface area contributed by atoms with Gasteiger partial charge in [-0.1, -0.05) is 12.1 Å². The van der Waals surface area contributed by atoms with Crippen molar-refractivity contribution in [3.8, 4) is 0 Å². The minimum Gasteiger partial charge on any atom is -0.383 e. The Bertz CT molecular complexity index is 1320. The zero-order valence-electron chi connectivity index (χ0n) is 18.7. The average molecular weight is 474 g/mol. The molecule has 0 aliphatic carbocycles. The number of methoxy groups -OCH3 is 1. The largest absolute Gasteiger partial charge is 0.383 e. The summed E-state index contributed by atoms with van der Waals surface area (Å²) in [5.41, 5.74) is 0.480. The lowest BCUT2D eigenvalue weighted by molar-refractivity contribution is 0.0666.